The monoisotopic (exact) mass is 379 g/mol. The van der Waals surface area contributed by atoms with Crippen molar-refractivity contribution in [2.45, 2.75) is 28.9 Å². The highest BCUT2D eigenvalue weighted by Crippen LogP contribution is 2.66. The van der Waals surface area contributed by atoms with Gasteiger partial charge in [0.15, 0.2) is 0 Å². The van der Waals surface area contributed by atoms with E-state index in [-0.39, 0.29) is 15.1 Å². The molecule has 1 amide bonds. The molecular weight excluding hydrogens is 362 g/mol. The lowest BCUT2D eigenvalue weighted by atomic mass is 9.51. The van der Waals surface area contributed by atoms with Crippen LogP contribution in [0.4, 0.5) is 0 Å². The van der Waals surface area contributed by atoms with E-state index in [4.69, 9.17) is 4.84 Å². The van der Waals surface area contributed by atoms with Gasteiger partial charge in [0.05, 0.1) is 10.3 Å². The maximum Gasteiger partial charge on any atom is 0.249 e. The van der Waals surface area contributed by atoms with E-state index in [0.717, 1.165) is 18.8 Å². The van der Waals surface area contributed by atoms with Crippen LogP contribution in [0, 0.1) is 29.6 Å². The third-order valence-corrected chi connectivity index (χ3v) is 7.75. The van der Waals surface area contributed by atoms with Crippen LogP contribution in [0.5, 0.6) is 0 Å². The molecule has 5 atom stereocenters. The van der Waals surface area contributed by atoms with Crippen molar-refractivity contribution in [3.63, 3.8) is 0 Å². The van der Waals surface area contributed by atoms with Gasteiger partial charge in [-0.2, -0.15) is 0 Å². The van der Waals surface area contributed by atoms with Crippen LogP contribution < -0.4 is 0 Å². The Labute approximate surface area is 125 Å². The van der Waals surface area contributed by atoms with Gasteiger partial charge in [-0.1, -0.05) is 31.9 Å². The Morgan fingerprint density at radius 1 is 1.28 bits per heavy atom. The molecule has 5 unspecified atom stereocenters. The normalized spacial score (nSPS) is 44.1. The lowest BCUT2D eigenvalue weighted by Gasteiger charge is -2.60. The van der Waals surface area contributed by atoms with Gasteiger partial charge in [-0.25, -0.2) is 5.06 Å². The molecule has 4 fully saturated rings. The first kappa shape index (κ1) is 13.4. The third-order valence-electron chi connectivity index (χ3n) is 5.28. The highest BCUT2D eigenvalue weighted by molar-refractivity contribution is 9.25. The fraction of sp³-hybridized carbons (Fsp3) is 0.923. The standard InChI is InChI=1S/C13H19Br2NO2/c1-16(18-2)12(17)11-8-3-7-4-9(6-8)13(14,15)10(11)5-7/h7-11H,3-6H2,1-2H3. The number of nitrogens with zero attached hydrogens (tertiary/aromatic N) is 1. The number of hydrogen-bond donors (Lipinski definition) is 0. The lowest BCUT2D eigenvalue weighted by molar-refractivity contribution is -0.185. The van der Waals surface area contributed by atoms with E-state index in [2.05, 4.69) is 31.9 Å². The van der Waals surface area contributed by atoms with Crippen molar-refractivity contribution < 1.29 is 9.63 Å². The molecule has 3 nitrogen and oxygen atoms in total. The zero-order valence-corrected chi connectivity index (χ0v) is 13.9. The van der Waals surface area contributed by atoms with Gasteiger partial charge in [-0.15, -0.1) is 0 Å². The molecule has 0 aliphatic heterocycles. The largest absolute Gasteiger partial charge is 0.275 e. The predicted octanol–water partition coefficient (Wildman–Crippen LogP) is 3.17. The quantitative estimate of drug-likeness (QED) is 0.543. The van der Waals surface area contributed by atoms with Gasteiger partial charge in [-0.05, 0) is 49.4 Å². The highest BCUT2D eigenvalue weighted by Gasteiger charge is 2.61. The molecule has 4 saturated carbocycles. The minimum Gasteiger partial charge on any atom is -0.275 e. The number of carbonyl (C=O) groups is 1. The van der Waals surface area contributed by atoms with Crippen molar-refractivity contribution in [2.24, 2.45) is 29.6 Å². The van der Waals surface area contributed by atoms with Crippen LogP contribution in [0.15, 0.2) is 0 Å². The van der Waals surface area contributed by atoms with Crippen molar-refractivity contribution >= 4 is 37.8 Å². The molecule has 18 heavy (non-hydrogen) atoms. The number of rotatable bonds is 2. The van der Waals surface area contributed by atoms with Gasteiger partial charge in [0.2, 0.25) is 5.91 Å². The van der Waals surface area contributed by atoms with Gasteiger partial charge in [0.1, 0.15) is 0 Å². The second-order valence-corrected chi connectivity index (χ2v) is 9.78. The first-order valence-electron chi connectivity index (χ1n) is 6.64. The molecule has 0 spiro atoms. The fourth-order valence-electron chi connectivity index (χ4n) is 4.49. The first-order valence-corrected chi connectivity index (χ1v) is 8.23. The van der Waals surface area contributed by atoms with Gasteiger partial charge in [0, 0.05) is 13.0 Å². The van der Waals surface area contributed by atoms with Crippen LogP contribution >= 0.6 is 31.9 Å². The van der Waals surface area contributed by atoms with Crippen LogP contribution in [0.3, 0.4) is 0 Å². The average molecular weight is 381 g/mol. The highest BCUT2D eigenvalue weighted by atomic mass is 79.9. The molecule has 4 aliphatic rings. The van der Waals surface area contributed by atoms with E-state index < -0.39 is 0 Å². The van der Waals surface area contributed by atoms with Crippen molar-refractivity contribution in [3.8, 4) is 0 Å². The summed E-state index contributed by atoms with van der Waals surface area (Å²) in [5, 5.41) is 1.41. The molecule has 4 rings (SSSR count). The Morgan fingerprint density at radius 3 is 2.67 bits per heavy atom. The van der Waals surface area contributed by atoms with E-state index >= 15 is 0 Å². The Hall–Kier alpha value is 0.390. The zero-order valence-electron chi connectivity index (χ0n) is 10.7. The zero-order chi connectivity index (χ0) is 13.1. The van der Waals surface area contributed by atoms with Crippen molar-refractivity contribution in [1.29, 1.82) is 0 Å². The van der Waals surface area contributed by atoms with Crippen LogP contribution in [0.2, 0.25) is 0 Å². The summed E-state index contributed by atoms with van der Waals surface area (Å²) in [5.41, 5.74) is 0. The maximum atomic E-state index is 12.5. The third kappa shape index (κ3) is 1.80. The Kier molecular flexibility index (Phi) is 3.31. The number of alkyl halides is 2. The van der Waals surface area contributed by atoms with Gasteiger partial charge >= 0.3 is 0 Å². The maximum absolute atomic E-state index is 12.5. The number of hydroxylamine groups is 2. The summed E-state index contributed by atoms with van der Waals surface area (Å²) in [6.07, 6.45) is 4.87. The molecule has 102 valence electrons. The van der Waals surface area contributed by atoms with E-state index in [1.807, 2.05) is 0 Å². The van der Waals surface area contributed by atoms with E-state index in [0.29, 0.717) is 17.8 Å². The fourth-order valence-corrected chi connectivity index (χ4v) is 6.18. The van der Waals surface area contributed by atoms with Gasteiger partial charge in [0.25, 0.3) is 0 Å². The Bertz CT molecular complexity index is 374. The van der Waals surface area contributed by atoms with Crippen molar-refractivity contribution in [1.82, 2.24) is 5.06 Å². The molecule has 0 aromatic heterocycles. The smallest absolute Gasteiger partial charge is 0.249 e. The molecular formula is C13H19Br2NO2. The molecule has 0 heterocycles. The summed E-state index contributed by atoms with van der Waals surface area (Å²) >= 11 is 7.74. The van der Waals surface area contributed by atoms with Crippen LogP contribution in [0.1, 0.15) is 25.7 Å². The van der Waals surface area contributed by atoms with Crippen LogP contribution in [-0.4, -0.2) is 28.4 Å². The number of halogens is 2. The SMILES string of the molecule is CON(C)C(=O)C1C2CC3CC(C2)C(Br)(Br)C1C3. The molecule has 0 aromatic rings. The summed E-state index contributed by atoms with van der Waals surface area (Å²) in [5.74, 6) is 2.73. The molecule has 0 saturated heterocycles. The number of carbonyl (C=O) groups excluding carboxylic acids is 1. The number of amides is 1. The van der Waals surface area contributed by atoms with Crippen molar-refractivity contribution in [2.75, 3.05) is 14.2 Å². The minimum atomic E-state index is -0.0394. The summed E-state index contributed by atoms with van der Waals surface area (Å²) in [6.45, 7) is 0. The number of hydrogen-bond acceptors (Lipinski definition) is 2. The van der Waals surface area contributed by atoms with E-state index in [9.17, 15) is 4.79 Å². The second-order valence-electron chi connectivity index (χ2n) is 6.09. The van der Waals surface area contributed by atoms with E-state index in [1.54, 1.807) is 14.2 Å². The topological polar surface area (TPSA) is 29.5 Å². The van der Waals surface area contributed by atoms with E-state index in [1.165, 1.54) is 17.9 Å². The summed E-state index contributed by atoms with van der Waals surface area (Å²) in [4.78, 5) is 17.6. The predicted molar refractivity (Wildman–Crippen MR) is 76.3 cm³/mol. The lowest BCUT2D eigenvalue weighted by Crippen LogP contribution is -2.59. The van der Waals surface area contributed by atoms with Gasteiger partial charge < -0.3 is 0 Å². The van der Waals surface area contributed by atoms with Gasteiger partial charge in [-0.3, -0.25) is 9.63 Å². The Morgan fingerprint density at radius 2 is 2.00 bits per heavy atom. The molecule has 0 N–H and O–H groups in total. The summed E-state index contributed by atoms with van der Waals surface area (Å²) < 4.78 is -0.0394. The molecule has 0 radical (unpaired) electrons. The first-order chi connectivity index (χ1) is 8.45. The minimum absolute atomic E-state index is 0.0394. The summed E-state index contributed by atoms with van der Waals surface area (Å²) in [6, 6.07) is 0. The van der Waals surface area contributed by atoms with Crippen LogP contribution in [-0.2, 0) is 9.63 Å². The summed E-state index contributed by atoms with van der Waals surface area (Å²) in [7, 11) is 3.28. The molecule has 4 bridgehead atoms. The molecule has 4 aliphatic carbocycles. The second kappa shape index (κ2) is 4.45. The average Bonchev–Trinajstić information content (AvgIpc) is 2.34. The van der Waals surface area contributed by atoms with Crippen LogP contribution in [0.25, 0.3) is 0 Å². The van der Waals surface area contributed by atoms with Crippen molar-refractivity contribution in [3.05, 3.63) is 0 Å². The molecule has 0 aromatic carbocycles. The Balaban J connectivity index is 1.90. The molecule has 5 heteroatoms.